The zero-order valence-electron chi connectivity index (χ0n) is 10.5. The molecule has 0 aromatic carbocycles. The highest BCUT2D eigenvalue weighted by atomic mass is 16.5. The summed E-state index contributed by atoms with van der Waals surface area (Å²) in [4.78, 5) is 0. The summed E-state index contributed by atoms with van der Waals surface area (Å²) in [6.45, 7) is 2.59. The fourth-order valence-corrected chi connectivity index (χ4v) is 1.76. The number of nitrogens with one attached hydrogen (secondary N) is 1. The van der Waals surface area contributed by atoms with E-state index in [9.17, 15) is 5.21 Å². The van der Waals surface area contributed by atoms with E-state index < -0.39 is 6.29 Å². The molecular formula is C12H27NO3. The molecule has 0 aliphatic rings. The van der Waals surface area contributed by atoms with Crippen LogP contribution in [0.1, 0.15) is 58.3 Å². The number of hydrogen-bond donors (Lipinski definition) is 3. The summed E-state index contributed by atoms with van der Waals surface area (Å²) in [5, 5.41) is 28.2. The second kappa shape index (κ2) is 11.3. The van der Waals surface area contributed by atoms with Crippen LogP contribution in [-0.4, -0.2) is 29.6 Å². The highest BCUT2D eigenvalue weighted by Gasteiger charge is 2.03. The molecule has 0 aromatic heterocycles. The first kappa shape index (κ1) is 15.8. The molecule has 0 aliphatic carbocycles. The van der Waals surface area contributed by atoms with Gasteiger partial charge in [0.15, 0.2) is 0 Å². The van der Waals surface area contributed by atoms with Gasteiger partial charge in [0.2, 0.25) is 6.29 Å². The first-order valence-electron chi connectivity index (χ1n) is 6.54. The maximum absolute atomic E-state index is 11.1. The van der Waals surface area contributed by atoms with Crippen LogP contribution in [0.15, 0.2) is 0 Å². The van der Waals surface area contributed by atoms with E-state index >= 15 is 0 Å². The van der Waals surface area contributed by atoms with Crippen molar-refractivity contribution in [2.75, 3.05) is 13.1 Å². The Balaban J connectivity index is 3.08. The average molecular weight is 233 g/mol. The molecule has 0 heterocycles. The van der Waals surface area contributed by atoms with Crippen LogP contribution in [0.4, 0.5) is 0 Å². The molecule has 1 unspecified atom stereocenters. The standard InChI is InChI=1S/C12H27NO3/c1-2-3-4-5-6-7-8-9-10-13(16)11-12(14)15/h12-15H,2-11H2,1H3. The molecule has 0 radical (unpaired) electrons. The minimum atomic E-state index is -1.47. The molecule has 4 heteroatoms. The van der Waals surface area contributed by atoms with Gasteiger partial charge < -0.3 is 20.5 Å². The number of aliphatic hydroxyl groups excluding tert-OH is 1. The zero-order valence-corrected chi connectivity index (χ0v) is 10.5. The summed E-state index contributed by atoms with van der Waals surface area (Å²) in [6.07, 6.45) is 8.18. The Morgan fingerprint density at radius 1 is 0.938 bits per heavy atom. The Hall–Kier alpha value is -0.160. The van der Waals surface area contributed by atoms with E-state index in [2.05, 4.69) is 6.92 Å². The largest absolute Gasteiger partial charge is 0.634 e. The van der Waals surface area contributed by atoms with Crippen LogP contribution in [0.2, 0.25) is 0 Å². The van der Waals surface area contributed by atoms with Gasteiger partial charge >= 0.3 is 0 Å². The van der Waals surface area contributed by atoms with Gasteiger partial charge in [-0.1, -0.05) is 45.4 Å². The van der Waals surface area contributed by atoms with E-state index in [1.807, 2.05) is 0 Å². The van der Waals surface area contributed by atoms with E-state index in [1.54, 1.807) is 0 Å². The molecule has 0 spiro atoms. The molecular weight excluding hydrogens is 206 g/mol. The third-order valence-corrected chi connectivity index (χ3v) is 2.72. The Bertz CT molecular complexity index is 142. The van der Waals surface area contributed by atoms with Gasteiger partial charge in [-0.2, -0.15) is 0 Å². The lowest BCUT2D eigenvalue weighted by atomic mass is 10.1. The quantitative estimate of drug-likeness (QED) is 0.281. The number of hydrogen-bond acceptors (Lipinski definition) is 3. The smallest absolute Gasteiger partial charge is 0.202 e. The van der Waals surface area contributed by atoms with Crippen molar-refractivity contribution in [1.29, 1.82) is 0 Å². The Kier molecular flexibility index (Phi) is 11.2. The lowest BCUT2D eigenvalue weighted by Gasteiger charge is -2.22. The molecule has 0 amide bonds. The van der Waals surface area contributed by atoms with Gasteiger partial charge in [-0.3, -0.25) is 0 Å². The molecule has 0 bridgehead atoms. The van der Waals surface area contributed by atoms with E-state index in [1.165, 1.54) is 38.5 Å². The molecule has 0 rings (SSSR count). The van der Waals surface area contributed by atoms with Gasteiger partial charge in [0.1, 0.15) is 6.54 Å². The third kappa shape index (κ3) is 11.9. The monoisotopic (exact) mass is 233 g/mol. The van der Waals surface area contributed by atoms with E-state index in [0.717, 1.165) is 12.8 Å². The highest BCUT2D eigenvalue weighted by Crippen LogP contribution is 2.07. The van der Waals surface area contributed by atoms with Gasteiger partial charge in [0.05, 0.1) is 6.54 Å². The maximum atomic E-state index is 11.1. The topological polar surface area (TPSA) is 68.0 Å². The molecule has 1 atom stereocenters. The Morgan fingerprint density at radius 2 is 1.44 bits per heavy atom. The van der Waals surface area contributed by atoms with Crippen molar-refractivity contribution in [2.45, 2.75) is 64.6 Å². The third-order valence-electron chi connectivity index (χ3n) is 2.72. The minimum Gasteiger partial charge on any atom is -0.634 e. The molecule has 3 N–H and O–H groups in total. The van der Waals surface area contributed by atoms with Gasteiger partial charge in [-0.25, -0.2) is 0 Å². The molecule has 0 saturated carbocycles. The minimum absolute atomic E-state index is 0.0408. The van der Waals surface area contributed by atoms with E-state index in [4.69, 9.17) is 10.2 Å². The van der Waals surface area contributed by atoms with Crippen molar-refractivity contribution >= 4 is 0 Å². The predicted molar refractivity (Wildman–Crippen MR) is 64.9 cm³/mol. The Morgan fingerprint density at radius 3 is 1.94 bits per heavy atom. The normalized spacial score (nSPS) is 13.3. The second-order valence-electron chi connectivity index (χ2n) is 4.45. The van der Waals surface area contributed by atoms with Crippen molar-refractivity contribution in [3.05, 3.63) is 5.21 Å². The molecule has 98 valence electrons. The zero-order chi connectivity index (χ0) is 12.2. The molecule has 0 aliphatic heterocycles. The number of rotatable bonds is 11. The number of unbranched alkanes of at least 4 members (excludes halogenated alkanes) is 7. The van der Waals surface area contributed by atoms with Crippen molar-refractivity contribution in [3.8, 4) is 0 Å². The molecule has 0 fully saturated rings. The maximum Gasteiger partial charge on any atom is 0.202 e. The fraction of sp³-hybridized carbons (Fsp3) is 1.00. The van der Waals surface area contributed by atoms with Crippen LogP contribution in [0, 0.1) is 5.21 Å². The van der Waals surface area contributed by atoms with Crippen LogP contribution >= 0.6 is 0 Å². The number of quaternary nitrogens is 1. The van der Waals surface area contributed by atoms with E-state index in [-0.39, 0.29) is 11.6 Å². The first-order valence-corrected chi connectivity index (χ1v) is 6.54. The Labute approximate surface area is 98.9 Å². The fourth-order valence-electron chi connectivity index (χ4n) is 1.76. The molecule has 0 saturated heterocycles. The van der Waals surface area contributed by atoms with Gasteiger partial charge in [-0.15, -0.1) is 0 Å². The van der Waals surface area contributed by atoms with Crippen LogP contribution in [-0.2, 0) is 0 Å². The average Bonchev–Trinajstić information content (AvgIpc) is 2.21. The van der Waals surface area contributed by atoms with Gasteiger partial charge in [0.25, 0.3) is 0 Å². The van der Waals surface area contributed by atoms with Crippen LogP contribution < -0.4 is 5.06 Å². The summed E-state index contributed by atoms with van der Waals surface area (Å²) in [6, 6.07) is 0. The predicted octanol–water partition coefficient (Wildman–Crippen LogP) is 0.821. The van der Waals surface area contributed by atoms with Gasteiger partial charge in [0, 0.05) is 0 Å². The van der Waals surface area contributed by atoms with Crippen LogP contribution in [0.25, 0.3) is 0 Å². The first-order chi connectivity index (χ1) is 7.66. The molecule has 16 heavy (non-hydrogen) atoms. The lowest BCUT2D eigenvalue weighted by molar-refractivity contribution is -0.855. The van der Waals surface area contributed by atoms with Crippen LogP contribution in [0.3, 0.4) is 0 Å². The van der Waals surface area contributed by atoms with Crippen molar-refractivity contribution < 1.29 is 15.3 Å². The second-order valence-corrected chi connectivity index (χ2v) is 4.45. The summed E-state index contributed by atoms with van der Waals surface area (Å²) in [5.41, 5.74) is 0. The molecule has 0 aromatic rings. The van der Waals surface area contributed by atoms with Crippen molar-refractivity contribution in [3.63, 3.8) is 0 Å². The van der Waals surface area contributed by atoms with Gasteiger partial charge in [-0.05, 0) is 12.8 Å². The highest BCUT2D eigenvalue weighted by molar-refractivity contribution is 4.45. The van der Waals surface area contributed by atoms with Crippen molar-refractivity contribution in [2.24, 2.45) is 0 Å². The van der Waals surface area contributed by atoms with E-state index in [0.29, 0.717) is 6.54 Å². The number of aliphatic hydroxyl groups is 2. The molecule has 4 nitrogen and oxygen atoms in total. The summed E-state index contributed by atoms with van der Waals surface area (Å²) < 4.78 is 0. The number of hydroxylamine groups is 2. The summed E-state index contributed by atoms with van der Waals surface area (Å²) in [5.74, 6) is 0. The SMILES string of the molecule is CCCCCCCCCC[NH+]([O-])CC(O)O. The van der Waals surface area contributed by atoms with Crippen LogP contribution in [0.5, 0.6) is 0 Å². The summed E-state index contributed by atoms with van der Waals surface area (Å²) in [7, 11) is 0. The van der Waals surface area contributed by atoms with Crippen molar-refractivity contribution in [1.82, 2.24) is 0 Å². The lowest BCUT2D eigenvalue weighted by Crippen LogP contribution is -3.08. The summed E-state index contributed by atoms with van der Waals surface area (Å²) >= 11 is 0.